The van der Waals surface area contributed by atoms with Gasteiger partial charge in [0.2, 0.25) is 0 Å². The molecule has 4 aliphatic rings. The number of carbonyl (C=O) groups is 2. The Hall–Kier alpha value is -3.02. The quantitative estimate of drug-likeness (QED) is 0.630. The van der Waals surface area contributed by atoms with Crippen LogP contribution in [0.4, 0.5) is 0 Å². The van der Waals surface area contributed by atoms with Gasteiger partial charge in [0.25, 0.3) is 0 Å². The number of ketones is 2. The van der Waals surface area contributed by atoms with E-state index in [2.05, 4.69) is 0 Å². The van der Waals surface area contributed by atoms with Gasteiger partial charge in [0, 0.05) is 53.5 Å². The molecule has 2 aromatic carbocycles. The highest BCUT2D eigenvalue weighted by molar-refractivity contribution is 6.21. The minimum Gasteiger partial charge on any atom is -0.456 e. The predicted molar refractivity (Wildman–Crippen MR) is 123 cm³/mol. The van der Waals surface area contributed by atoms with E-state index >= 15 is 0 Å². The number of allylic oxidation sites excluding steroid dienone is 1. The van der Waals surface area contributed by atoms with Gasteiger partial charge in [-0.1, -0.05) is 61.0 Å². The van der Waals surface area contributed by atoms with Crippen molar-refractivity contribution < 1.29 is 23.8 Å². The van der Waals surface area contributed by atoms with Crippen LogP contribution in [0.15, 0.2) is 66.2 Å². The van der Waals surface area contributed by atoms with E-state index in [0.29, 0.717) is 29.3 Å². The second-order valence-corrected chi connectivity index (χ2v) is 9.31. The first-order valence-corrected chi connectivity index (χ1v) is 11.8. The molecular weight excluding hydrogens is 416 g/mol. The lowest BCUT2D eigenvalue weighted by Gasteiger charge is -2.33. The standard InChI is InChI=1S/C28H26O5/c29-19-15-22(24-17-31-28(33-24)13-7-2-8-14-28)25-26(30)20-11-5-6-12-21(20)27(25)32-23(16-19)18-9-3-1-4-10-18/h1,3-6,9-12,16,22,24H,2,7-8,13-15,17H2/b23-16-/t22-,24+/m1/s1. The molecule has 0 N–H and O–H groups in total. The van der Waals surface area contributed by atoms with E-state index in [9.17, 15) is 9.59 Å². The van der Waals surface area contributed by atoms with Crippen molar-refractivity contribution in [2.75, 3.05) is 6.61 Å². The van der Waals surface area contributed by atoms with Gasteiger partial charge in [0.05, 0.1) is 12.7 Å². The minimum absolute atomic E-state index is 0.0812. The van der Waals surface area contributed by atoms with Gasteiger partial charge in [-0.2, -0.15) is 0 Å². The fourth-order valence-corrected chi connectivity index (χ4v) is 5.57. The fraction of sp³-hybridized carbons (Fsp3) is 0.357. The Bertz CT molecular complexity index is 1170. The summed E-state index contributed by atoms with van der Waals surface area (Å²) < 4.78 is 19.1. The number of fused-ring (bicyclic) bond motifs is 2. The number of benzene rings is 2. The first kappa shape index (κ1) is 20.6. The van der Waals surface area contributed by atoms with E-state index in [1.807, 2.05) is 54.6 Å². The highest BCUT2D eigenvalue weighted by atomic mass is 16.7. The molecule has 5 nitrogen and oxygen atoms in total. The molecule has 2 aliphatic heterocycles. The molecule has 2 aromatic rings. The summed E-state index contributed by atoms with van der Waals surface area (Å²) >= 11 is 0. The summed E-state index contributed by atoms with van der Waals surface area (Å²) in [6.07, 6.45) is 6.43. The average Bonchev–Trinajstić information content (AvgIpc) is 3.36. The first-order valence-electron chi connectivity index (χ1n) is 11.8. The maximum absolute atomic E-state index is 13.6. The molecule has 1 saturated heterocycles. The van der Waals surface area contributed by atoms with Crippen LogP contribution in [0.1, 0.15) is 60.0 Å². The predicted octanol–water partition coefficient (Wildman–Crippen LogP) is 5.32. The molecule has 6 rings (SSSR count). The van der Waals surface area contributed by atoms with E-state index in [4.69, 9.17) is 14.2 Å². The zero-order chi connectivity index (χ0) is 22.4. The van der Waals surface area contributed by atoms with Gasteiger partial charge in [-0.05, 0) is 12.8 Å². The molecule has 5 heteroatoms. The smallest absolute Gasteiger partial charge is 0.193 e. The zero-order valence-corrected chi connectivity index (χ0v) is 18.4. The van der Waals surface area contributed by atoms with Crippen LogP contribution >= 0.6 is 0 Å². The average molecular weight is 443 g/mol. The van der Waals surface area contributed by atoms with Gasteiger partial charge in [0.15, 0.2) is 17.4 Å². The largest absolute Gasteiger partial charge is 0.456 e. The van der Waals surface area contributed by atoms with Gasteiger partial charge < -0.3 is 14.2 Å². The van der Waals surface area contributed by atoms with Crippen molar-refractivity contribution >= 4 is 23.1 Å². The molecule has 2 heterocycles. The molecule has 0 amide bonds. The van der Waals surface area contributed by atoms with Crippen LogP contribution < -0.4 is 0 Å². The molecule has 2 aliphatic carbocycles. The Morgan fingerprint density at radius 1 is 0.848 bits per heavy atom. The Labute approximate surface area is 193 Å². The van der Waals surface area contributed by atoms with Crippen LogP contribution in [0.25, 0.3) is 11.5 Å². The third-order valence-electron chi connectivity index (χ3n) is 7.20. The minimum atomic E-state index is -0.574. The molecule has 168 valence electrons. The summed E-state index contributed by atoms with van der Waals surface area (Å²) in [6.45, 7) is 0.383. The molecule has 0 unspecified atom stereocenters. The molecule has 0 radical (unpaired) electrons. The Balaban J connectivity index is 1.42. The monoisotopic (exact) mass is 442 g/mol. The van der Waals surface area contributed by atoms with Crippen LogP contribution in [0.2, 0.25) is 0 Å². The van der Waals surface area contributed by atoms with Crippen molar-refractivity contribution in [3.05, 3.63) is 82.9 Å². The van der Waals surface area contributed by atoms with Crippen LogP contribution in [0.5, 0.6) is 0 Å². The van der Waals surface area contributed by atoms with E-state index < -0.39 is 11.7 Å². The number of carbonyl (C=O) groups excluding carboxylic acids is 2. The molecule has 33 heavy (non-hydrogen) atoms. The van der Waals surface area contributed by atoms with Crippen molar-refractivity contribution in [3.63, 3.8) is 0 Å². The lowest BCUT2D eigenvalue weighted by molar-refractivity contribution is -0.190. The second-order valence-electron chi connectivity index (χ2n) is 9.31. The van der Waals surface area contributed by atoms with E-state index in [0.717, 1.165) is 36.8 Å². The number of rotatable bonds is 2. The Morgan fingerprint density at radius 2 is 1.58 bits per heavy atom. The maximum atomic E-state index is 13.6. The van der Waals surface area contributed by atoms with Crippen LogP contribution in [0.3, 0.4) is 0 Å². The summed E-state index contributed by atoms with van der Waals surface area (Å²) in [7, 11) is 0. The fourth-order valence-electron chi connectivity index (χ4n) is 5.57. The van der Waals surface area contributed by atoms with Crippen LogP contribution in [0, 0.1) is 5.92 Å². The maximum Gasteiger partial charge on any atom is 0.193 e. The lowest BCUT2D eigenvalue weighted by atomic mass is 9.85. The summed E-state index contributed by atoms with van der Waals surface area (Å²) in [5.74, 6) is -0.152. The summed E-state index contributed by atoms with van der Waals surface area (Å²) in [6, 6.07) is 17.0. The van der Waals surface area contributed by atoms with Gasteiger partial charge in [-0.25, -0.2) is 0 Å². The van der Waals surface area contributed by atoms with Crippen molar-refractivity contribution in [3.8, 4) is 0 Å². The van der Waals surface area contributed by atoms with Crippen LogP contribution in [-0.2, 0) is 19.0 Å². The van der Waals surface area contributed by atoms with E-state index in [1.165, 1.54) is 6.42 Å². The summed E-state index contributed by atoms with van der Waals surface area (Å²) in [5, 5.41) is 0. The SMILES string of the molecule is O=C1/C=C(/c2ccccc2)OC2=C(C(=O)c3ccccc32)[C@@H]([C@@H]2COC3(CCCCC3)O2)C1. The first-order chi connectivity index (χ1) is 16.1. The lowest BCUT2D eigenvalue weighted by Crippen LogP contribution is -2.36. The third-order valence-corrected chi connectivity index (χ3v) is 7.20. The van der Waals surface area contributed by atoms with E-state index in [1.54, 1.807) is 6.08 Å². The molecule has 1 spiro atoms. The van der Waals surface area contributed by atoms with Gasteiger partial charge >= 0.3 is 0 Å². The molecule has 2 fully saturated rings. The second kappa shape index (κ2) is 8.08. The van der Waals surface area contributed by atoms with Crippen molar-refractivity contribution in [1.82, 2.24) is 0 Å². The highest BCUT2D eigenvalue weighted by Gasteiger charge is 2.49. The van der Waals surface area contributed by atoms with Crippen LogP contribution in [-0.4, -0.2) is 30.1 Å². The third kappa shape index (κ3) is 3.56. The van der Waals surface area contributed by atoms with Gasteiger partial charge in [0.1, 0.15) is 11.5 Å². The normalized spacial score (nSPS) is 27.9. The van der Waals surface area contributed by atoms with Crippen molar-refractivity contribution in [2.45, 2.75) is 50.4 Å². The molecule has 1 saturated carbocycles. The van der Waals surface area contributed by atoms with Crippen molar-refractivity contribution in [2.24, 2.45) is 5.92 Å². The summed E-state index contributed by atoms with van der Waals surface area (Å²) in [5.41, 5.74) is 2.72. The number of hydrogen-bond donors (Lipinski definition) is 0. The number of ether oxygens (including phenoxy) is 3. The zero-order valence-electron chi connectivity index (χ0n) is 18.4. The Morgan fingerprint density at radius 3 is 2.36 bits per heavy atom. The van der Waals surface area contributed by atoms with Gasteiger partial charge in [-0.15, -0.1) is 0 Å². The molecule has 2 atom stereocenters. The van der Waals surface area contributed by atoms with Gasteiger partial charge in [-0.3, -0.25) is 9.59 Å². The number of hydrogen-bond acceptors (Lipinski definition) is 5. The molecular formula is C28H26O5. The number of Topliss-reactive ketones (excluding diaryl/α,β-unsaturated/α-hetero) is 1. The Kier molecular flexibility index (Phi) is 5.04. The highest BCUT2D eigenvalue weighted by Crippen LogP contribution is 2.47. The van der Waals surface area contributed by atoms with E-state index in [-0.39, 0.29) is 24.1 Å². The molecule has 0 bridgehead atoms. The molecule has 0 aromatic heterocycles. The summed E-state index contributed by atoms with van der Waals surface area (Å²) in [4.78, 5) is 26.8. The van der Waals surface area contributed by atoms with Crippen molar-refractivity contribution in [1.29, 1.82) is 0 Å². The topological polar surface area (TPSA) is 61.8 Å².